The first-order chi connectivity index (χ1) is 10.5. The minimum atomic E-state index is -1.40. The number of hydrogen-bond acceptors (Lipinski definition) is 5. The maximum atomic E-state index is 10.3. The van der Waals surface area contributed by atoms with Crippen molar-refractivity contribution in [2.75, 3.05) is 18.5 Å². The van der Waals surface area contributed by atoms with Crippen LogP contribution >= 0.6 is 7.92 Å². The summed E-state index contributed by atoms with van der Waals surface area (Å²) in [5.41, 5.74) is -0.339. The van der Waals surface area contributed by atoms with Crippen molar-refractivity contribution in [3.63, 3.8) is 0 Å². The van der Waals surface area contributed by atoms with Gasteiger partial charge in [0.05, 0.1) is 30.4 Å². The molecule has 1 aromatic carbocycles. The van der Waals surface area contributed by atoms with Crippen LogP contribution in [0, 0.1) is 0 Å². The van der Waals surface area contributed by atoms with E-state index in [2.05, 4.69) is 20.8 Å². The molecule has 0 saturated heterocycles. The first-order valence-electron chi connectivity index (χ1n) is 7.82. The Labute approximate surface area is 175 Å². The molecule has 1 rings (SSSR count). The summed E-state index contributed by atoms with van der Waals surface area (Å²) in [5.74, 6) is -2.81. The Hall–Kier alpha value is -0.190. The van der Waals surface area contributed by atoms with Crippen LogP contribution in [0.25, 0.3) is 0 Å². The van der Waals surface area contributed by atoms with Crippen molar-refractivity contribution in [2.45, 2.75) is 40.0 Å². The van der Waals surface area contributed by atoms with Crippen molar-refractivity contribution in [1.29, 1.82) is 0 Å². The number of carbonyl (C=O) groups excluding carboxylic acids is 2. The summed E-state index contributed by atoms with van der Waals surface area (Å²) >= 11 is 0. The summed E-state index contributed by atoms with van der Waals surface area (Å²) in [5, 5.41) is 20.5. The molecule has 0 saturated carbocycles. The zero-order valence-corrected chi connectivity index (χ0v) is 18.0. The quantitative estimate of drug-likeness (QED) is 0.497. The van der Waals surface area contributed by atoms with Crippen molar-refractivity contribution in [3.8, 4) is 0 Å². The minimum Gasteiger partial charge on any atom is -0.870 e. The first kappa shape index (κ1) is 28.6. The monoisotopic (exact) mass is 382 g/mol. The molecule has 0 aliphatic carbocycles. The largest absolute Gasteiger partial charge is 2.00 e. The Bertz CT molecular complexity index is 425. The summed E-state index contributed by atoms with van der Waals surface area (Å²) in [6.45, 7) is 6.95. The average molecular weight is 382 g/mol. The van der Waals surface area contributed by atoms with E-state index in [-0.39, 0.29) is 62.3 Å². The van der Waals surface area contributed by atoms with Gasteiger partial charge in [-0.3, -0.25) is 0 Å². The van der Waals surface area contributed by atoms with E-state index in [0.29, 0.717) is 0 Å². The van der Waals surface area contributed by atoms with Crippen molar-refractivity contribution in [1.82, 2.24) is 0 Å². The van der Waals surface area contributed by atoms with Gasteiger partial charge < -0.3 is 25.3 Å². The molecule has 7 heteroatoms. The van der Waals surface area contributed by atoms with Crippen LogP contribution in [0.15, 0.2) is 24.3 Å². The van der Waals surface area contributed by atoms with Gasteiger partial charge in [-0.15, -0.1) is 0 Å². The van der Waals surface area contributed by atoms with Crippen LogP contribution in [0.3, 0.4) is 0 Å². The van der Waals surface area contributed by atoms with Crippen LogP contribution < -0.4 is 10.2 Å². The van der Waals surface area contributed by atoms with E-state index in [1.165, 1.54) is 37.5 Å². The summed E-state index contributed by atoms with van der Waals surface area (Å²) in [7, 11) is 0.103. The van der Waals surface area contributed by atoms with Gasteiger partial charge in [0.2, 0.25) is 0 Å². The molecule has 0 unspecified atom stereocenters. The zero-order valence-electron chi connectivity index (χ0n) is 14.8. The second-order valence-electron chi connectivity index (χ2n) is 5.16. The van der Waals surface area contributed by atoms with Gasteiger partial charge in [-0.05, 0) is 36.5 Å². The smallest absolute Gasteiger partial charge is 0.870 e. The van der Waals surface area contributed by atoms with E-state index in [1.807, 2.05) is 0 Å². The molecule has 0 radical (unpaired) electrons. The van der Waals surface area contributed by atoms with Crippen molar-refractivity contribution in [3.05, 3.63) is 35.4 Å². The molecule has 24 heavy (non-hydrogen) atoms. The predicted molar refractivity (Wildman–Crippen MR) is 96.6 cm³/mol. The summed E-state index contributed by atoms with van der Waals surface area (Å²) in [6, 6.07) is 4.81. The van der Waals surface area contributed by atoms with E-state index in [9.17, 15) is 19.8 Å². The second-order valence-corrected chi connectivity index (χ2v) is 8.16. The van der Waals surface area contributed by atoms with Crippen molar-refractivity contribution < 1.29 is 25.3 Å². The molecule has 0 heterocycles. The van der Waals surface area contributed by atoms with E-state index in [1.54, 1.807) is 18.5 Å². The van der Waals surface area contributed by atoms with Gasteiger partial charge in [-0.1, -0.05) is 39.0 Å². The van der Waals surface area contributed by atoms with E-state index >= 15 is 0 Å². The van der Waals surface area contributed by atoms with E-state index in [0.717, 1.165) is 6.07 Å². The Morgan fingerprint density at radius 2 is 1.21 bits per heavy atom. The van der Waals surface area contributed by atoms with Crippen molar-refractivity contribution in [2.24, 2.45) is 0 Å². The molecule has 0 aliphatic heterocycles. The van der Waals surface area contributed by atoms with Crippen LogP contribution in [0.1, 0.15) is 60.7 Å². The van der Waals surface area contributed by atoms with Crippen LogP contribution in [-0.4, -0.2) is 73.6 Å². The number of carbonyl (C=O) groups is 2. The molecular formula is C17H27CaO5P. The predicted octanol–water partition coefficient (Wildman–Crippen LogP) is 1.29. The SMILES string of the molecule is CCC[PH+](CCC)CCC.O=C([O-])c1cccc(C(=O)[O-])c1.[Ca+2].[OH-]. The second kappa shape index (κ2) is 17.6. The number of rotatable bonds is 8. The fourth-order valence-electron chi connectivity index (χ4n) is 2.21. The van der Waals surface area contributed by atoms with Gasteiger partial charge in [0, 0.05) is 7.92 Å². The number of carboxylic acids is 2. The summed E-state index contributed by atoms with van der Waals surface area (Å²) < 4.78 is 0. The molecule has 0 aromatic heterocycles. The zero-order chi connectivity index (χ0) is 17.0. The Balaban J connectivity index is -0.000000345. The third-order valence-corrected chi connectivity index (χ3v) is 6.77. The molecule has 5 nitrogen and oxygen atoms in total. The maximum Gasteiger partial charge on any atom is 2.00 e. The van der Waals surface area contributed by atoms with Crippen LogP contribution in [0.2, 0.25) is 0 Å². The molecule has 0 bridgehead atoms. The third kappa shape index (κ3) is 13.1. The molecular weight excluding hydrogens is 355 g/mol. The van der Waals surface area contributed by atoms with Crippen LogP contribution in [0.5, 0.6) is 0 Å². The fraction of sp³-hybridized carbons (Fsp3) is 0.529. The van der Waals surface area contributed by atoms with Crippen LogP contribution in [-0.2, 0) is 0 Å². The summed E-state index contributed by atoms with van der Waals surface area (Å²) in [4.78, 5) is 20.5. The molecule has 0 aliphatic rings. The Morgan fingerprint density at radius 1 is 0.875 bits per heavy atom. The minimum absolute atomic E-state index is 0. The average Bonchev–Trinajstić information content (AvgIpc) is 2.49. The first-order valence-corrected chi connectivity index (χ1v) is 9.94. The summed E-state index contributed by atoms with van der Waals surface area (Å²) in [6.07, 6.45) is 8.88. The molecule has 132 valence electrons. The van der Waals surface area contributed by atoms with Gasteiger partial charge in [-0.25, -0.2) is 0 Å². The Morgan fingerprint density at radius 3 is 1.46 bits per heavy atom. The number of aromatic carboxylic acids is 2. The normalized spacial score (nSPS) is 9.17. The van der Waals surface area contributed by atoms with E-state index < -0.39 is 11.9 Å². The third-order valence-electron chi connectivity index (χ3n) is 3.14. The van der Waals surface area contributed by atoms with Gasteiger partial charge >= 0.3 is 37.7 Å². The van der Waals surface area contributed by atoms with Crippen LogP contribution in [0.4, 0.5) is 0 Å². The number of hydrogen-bond donors (Lipinski definition) is 0. The molecule has 1 N–H and O–H groups in total. The van der Waals surface area contributed by atoms with Gasteiger partial charge in [0.15, 0.2) is 0 Å². The molecule has 0 spiro atoms. The molecule has 0 amide bonds. The van der Waals surface area contributed by atoms with Gasteiger partial charge in [0.25, 0.3) is 0 Å². The standard InChI is InChI=1S/C9H21P.C8H6O4.Ca.H2O/c1-4-7-10(8-5-2)9-6-3;9-7(10)5-2-1-3-6(4-5)8(11)12;;/h4-9H2,1-3H3;1-4H,(H,9,10)(H,11,12);;1H2/q;;+2;/p-2. The maximum absolute atomic E-state index is 10.3. The Kier molecular flexibility index (Phi) is 21.0. The number of benzene rings is 1. The topological polar surface area (TPSA) is 110 Å². The van der Waals surface area contributed by atoms with E-state index in [4.69, 9.17) is 0 Å². The number of carboxylic acid groups (broad SMARTS) is 2. The molecule has 0 fully saturated rings. The van der Waals surface area contributed by atoms with Gasteiger partial charge in [-0.2, -0.15) is 0 Å². The van der Waals surface area contributed by atoms with Gasteiger partial charge in [0.1, 0.15) is 0 Å². The molecule has 1 aromatic rings. The molecule has 0 atom stereocenters. The fourth-order valence-corrected chi connectivity index (χ4v) is 5.08. The van der Waals surface area contributed by atoms with Crippen molar-refractivity contribution >= 4 is 57.6 Å².